The van der Waals surface area contributed by atoms with E-state index in [1.807, 2.05) is 38.1 Å². The van der Waals surface area contributed by atoms with Crippen molar-refractivity contribution in [2.45, 2.75) is 23.9 Å². The highest BCUT2D eigenvalue weighted by Crippen LogP contribution is 2.32. The zero-order valence-electron chi connectivity index (χ0n) is 11.0. The number of aryl methyl sites for hydroxylation is 2. The Morgan fingerprint density at radius 1 is 1.30 bits per heavy atom. The first-order valence-corrected chi connectivity index (χ1v) is 7.38. The lowest BCUT2D eigenvalue weighted by molar-refractivity contribution is 0.318. The highest BCUT2D eigenvalue weighted by atomic mass is 79.9. The van der Waals surface area contributed by atoms with E-state index in [0.29, 0.717) is 10.7 Å². The maximum atomic E-state index is 8.89. The van der Waals surface area contributed by atoms with Gasteiger partial charge in [-0.05, 0) is 59.7 Å². The molecule has 0 aliphatic heterocycles. The van der Waals surface area contributed by atoms with E-state index in [-0.39, 0.29) is 5.84 Å². The maximum absolute atomic E-state index is 8.89. The van der Waals surface area contributed by atoms with Crippen molar-refractivity contribution in [2.75, 3.05) is 0 Å². The number of amidine groups is 1. The highest BCUT2D eigenvalue weighted by molar-refractivity contribution is 9.10. The second kappa shape index (κ2) is 6.23. The third-order valence-electron chi connectivity index (χ3n) is 2.50. The molecule has 2 aromatic rings. The second-order valence-corrected chi connectivity index (χ2v) is 6.00. The number of nitrogens with two attached hydrogens (primary N) is 1. The molecule has 0 spiro atoms. The average Bonchev–Trinajstić information content (AvgIpc) is 2.37. The van der Waals surface area contributed by atoms with Crippen LogP contribution in [0.25, 0.3) is 0 Å². The first kappa shape index (κ1) is 14.8. The van der Waals surface area contributed by atoms with Crippen molar-refractivity contribution in [1.82, 2.24) is 9.97 Å². The number of halogens is 1. The zero-order chi connectivity index (χ0) is 14.7. The fourth-order valence-corrected chi connectivity index (χ4v) is 3.47. The normalized spacial score (nSPS) is 11.7. The predicted molar refractivity (Wildman–Crippen MR) is 82.3 cm³/mol. The molecular formula is C13H13BrN4OS. The third-order valence-corrected chi connectivity index (χ3v) is 4.09. The molecule has 20 heavy (non-hydrogen) atoms. The van der Waals surface area contributed by atoms with Crippen LogP contribution in [0.3, 0.4) is 0 Å². The van der Waals surface area contributed by atoms with Crippen molar-refractivity contribution in [2.24, 2.45) is 10.9 Å². The fraction of sp³-hybridized carbons (Fsp3) is 0.154. The summed E-state index contributed by atoms with van der Waals surface area (Å²) in [4.78, 5) is 9.58. The van der Waals surface area contributed by atoms with Gasteiger partial charge in [-0.2, -0.15) is 0 Å². The van der Waals surface area contributed by atoms with Gasteiger partial charge < -0.3 is 10.9 Å². The van der Waals surface area contributed by atoms with Gasteiger partial charge in [-0.25, -0.2) is 9.97 Å². The summed E-state index contributed by atoms with van der Waals surface area (Å²) in [6.45, 7) is 3.84. The SMILES string of the molecule is Cc1cc(C)nc(Sc2cccc(Br)c2/C(N)=N/O)n1. The van der Waals surface area contributed by atoms with Gasteiger partial charge in [0.2, 0.25) is 0 Å². The van der Waals surface area contributed by atoms with E-state index < -0.39 is 0 Å². The van der Waals surface area contributed by atoms with Gasteiger partial charge in [-0.1, -0.05) is 11.2 Å². The van der Waals surface area contributed by atoms with Gasteiger partial charge in [0.25, 0.3) is 0 Å². The molecular weight excluding hydrogens is 340 g/mol. The molecule has 3 N–H and O–H groups in total. The van der Waals surface area contributed by atoms with Crippen LogP contribution in [0.1, 0.15) is 17.0 Å². The molecule has 0 aliphatic rings. The number of hydrogen-bond acceptors (Lipinski definition) is 5. The van der Waals surface area contributed by atoms with Crippen LogP contribution in [0.5, 0.6) is 0 Å². The van der Waals surface area contributed by atoms with Gasteiger partial charge >= 0.3 is 0 Å². The Labute approximate surface area is 129 Å². The molecule has 0 aliphatic carbocycles. The highest BCUT2D eigenvalue weighted by Gasteiger charge is 2.14. The van der Waals surface area contributed by atoms with E-state index >= 15 is 0 Å². The van der Waals surface area contributed by atoms with Crippen LogP contribution < -0.4 is 5.73 Å². The number of oxime groups is 1. The second-order valence-electron chi connectivity index (χ2n) is 4.13. The Kier molecular flexibility index (Phi) is 4.61. The van der Waals surface area contributed by atoms with Crippen LogP contribution in [0.15, 0.2) is 43.9 Å². The quantitative estimate of drug-likeness (QED) is 0.291. The Morgan fingerprint density at radius 3 is 2.55 bits per heavy atom. The summed E-state index contributed by atoms with van der Waals surface area (Å²) < 4.78 is 0.752. The van der Waals surface area contributed by atoms with Gasteiger partial charge in [0, 0.05) is 26.3 Å². The van der Waals surface area contributed by atoms with Crippen LogP contribution in [-0.2, 0) is 0 Å². The van der Waals surface area contributed by atoms with Crippen LogP contribution >= 0.6 is 27.7 Å². The fourth-order valence-electron chi connectivity index (χ4n) is 1.73. The minimum Gasteiger partial charge on any atom is -0.409 e. The van der Waals surface area contributed by atoms with Crippen molar-refractivity contribution in [3.8, 4) is 0 Å². The summed E-state index contributed by atoms with van der Waals surface area (Å²) in [6.07, 6.45) is 0. The lowest BCUT2D eigenvalue weighted by Crippen LogP contribution is -2.15. The largest absolute Gasteiger partial charge is 0.409 e. The number of hydrogen-bond donors (Lipinski definition) is 2. The summed E-state index contributed by atoms with van der Waals surface area (Å²) in [6, 6.07) is 7.50. The van der Waals surface area contributed by atoms with Gasteiger partial charge in [0.15, 0.2) is 11.0 Å². The van der Waals surface area contributed by atoms with Gasteiger partial charge in [0.1, 0.15) is 0 Å². The van der Waals surface area contributed by atoms with E-state index in [2.05, 4.69) is 31.1 Å². The van der Waals surface area contributed by atoms with E-state index in [9.17, 15) is 0 Å². The summed E-state index contributed by atoms with van der Waals surface area (Å²) in [5.41, 5.74) is 8.16. The Balaban J connectivity index is 2.46. The van der Waals surface area contributed by atoms with E-state index in [4.69, 9.17) is 10.9 Å². The standard InChI is InChI=1S/C13H13BrN4OS/c1-7-6-8(2)17-13(16-7)20-10-5-3-4-9(14)11(10)12(15)18-19/h3-6,19H,1-2H3,(H2,15,18). The number of rotatable bonds is 3. The van der Waals surface area contributed by atoms with Crippen LogP contribution in [0.4, 0.5) is 0 Å². The van der Waals surface area contributed by atoms with Crippen LogP contribution in [0.2, 0.25) is 0 Å². The number of aromatic nitrogens is 2. The summed E-state index contributed by atoms with van der Waals surface area (Å²) >= 11 is 4.78. The van der Waals surface area contributed by atoms with Crippen molar-refractivity contribution in [1.29, 1.82) is 0 Å². The number of benzene rings is 1. The molecule has 1 aromatic carbocycles. The molecule has 0 atom stereocenters. The molecule has 0 unspecified atom stereocenters. The Morgan fingerprint density at radius 2 is 1.95 bits per heavy atom. The van der Waals surface area contributed by atoms with Gasteiger partial charge in [-0.15, -0.1) is 0 Å². The number of nitrogens with zero attached hydrogens (tertiary/aromatic N) is 3. The lowest BCUT2D eigenvalue weighted by Gasteiger charge is -2.09. The zero-order valence-corrected chi connectivity index (χ0v) is 13.4. The average molecular weight is 353 g/mol. The summed E-state index contributed by atoms with van der Waals surface area (Å²) in [5.74, 6) is 0.0457. The van der Waals surface area contributed by atoms with Crippen molar-refractivity contribution in [3.05, 3.63) is 45.7 Å². The lowest BCUT2D eigenvalue weighted by atomic mass is 10.2. The minimum atomic E-state index is 0.0457. The van der Waals surface area contributed by atoms with Crippen molar-refractivity contribution >= 4 is 33.5 Å². The smallest absolute Gasteiger partial charge is 0.192 e. The van der Waals surface area contributed by atoms with E-state index in [1.54, 1.807) is 0 Å². The summed E-state index contributed by atoms with van der Waals surface area (Å²) in [7, 11) is 0. The monoisotopic (exact) mass is 352 g/mol. The van der Waals surface area contributed by atoms with E-state index in [0.717, 1.165) is 20.8 Å². The first-order valence-electron chi connectivity index (χ1n) is 5.78. The molecule has 1 aromatic heterocycles. The topological polar surface area (TPSA) is 84.4 Å². The molecule has 0 radical (unpaired) electrons. The molecule has 2 rings (SSSR count). The molecule has 0 amide bonds. The Bertz CT molecular complexity index is 655. The van der Waals surface area contributed by atoms with Crippen molar-refractivity contribution < 1.29 is 5.21 Å². The third kappa shape index (κ3) is 3.29. The Hall–Kier alpha value is -1.60. The van der Waals surface area contributed by atoms with Crippen LogP contribution in [-0.4, -0.2) is 21.0 Å². The van der Waals surface area contributed by atoms with Gasteiger partial charge in [0.05, 0.1) is 0 Å². The van der Waals surface area contributed by atoms with E-state index in [1.165, 1.54) is 11.8 Å². The van der Waals surface area contributed by atoms with Crippen molar-refractivity contribution in [3.63, 3.8) is 0 Å². The maximum Gasteiger partial charge on any atom is 0.192 e. The molecule has 0 saturated heterocycles. The molecule has 7 heteroatoms. The van der Waals surface area contributed by atoms with Gasteiger partial charge in [-0.3, -0.25) is 0 Å². The molecule has 0 bridgehead atoms. The molecule has 104 valence electrons. The predicted octanol–water partition coefficient (Wildman–Crippen LogP) is 3.10. The minimum absolute atomic E-state index is 0.0457. The first-order chi connectivity index (χ1) is 9.51. The molecule has 0 fully saturated rings. The molecule has 1 heterocycles. The van der Waals surface area contributed by atoms with Crippen LogP contribution in [0, 0.1) is 13.8 Å². The molecule has 0 saturated carbocycles. The molecule has 5 nitrogen and oxygen atoms in total. The summed E-state index contributed by atoms with van der Waals surface area (Å²) in [5, 5.41) is 12.6.